The Labute approximate surface area is 112 Å². The van der Waals surface area contributed by atoms with Crippen LogP contribution in [0.4, 0.5) is 0 Å². The standard InChI is InChI=1S/C12H12N4O4/c17-10-3-1-2-8(15-10)11(18)16-9(12(19)20)4-7-5-13-6-14-7/h1-3,5-6,9H,4H2,(H,13,14)(H,15,17)(H,16,18)(H,19,20). The third-order valence-electron chi connectivity index (χ3n) is 2.60. The fourth-order valence-electron chi connectivity index (χ4n) is 1.63. The summed E-state index contributed by atoms with van der Waals surface area (Å²) >= 11 is 0. The molecule has 0 aliphatic rings. The van der Waals surface area contributed by atoms with Gasteiger partial charge in [0.1, 0.15) is 11.7 Å². The number of carboxylic acid groups (broad SMARTS) is 1. The van der Waals surface area contributed by atoms with Crippen molar-refractivity contribution in [2.45, 2.75) is 12.5 Å². The minimum Gasteiger partial charge on any atom is -0.480 e. The van der Waals surface area contributed by atoms with E-state index in [-0.39, 0.29) is 12.1 Å². The van der Waals surface area contributed by atoms with E-state index in [0.29, 0.717) is 5.69 Å². The lowest BCUT2D eigenvalue weighted by atomic mass is 10.1. The highest BCUT2D eigenvalue weighted by Crippen LogP contribution is 2.00. The lowest BCUT2D eigenvalue weighted by Crippen LogP contribution is -2.43. The molecule has 0 fully saturated rings. The summed E-state index contributed by atoms with van der Waals surface area (Å²) in [6, 6.07) is 2.95. The van der Waals surface area contributed by atoms with Crippen LogP contribution in [0.1, 0.15) is 16.2 Å². The maximum atomic E-state index is 11.9. The van der Waals surface area contributed by atoms with E-state index in [1.54, 1.807) is 0 Å². The minimum absolute atomic E-state index is 0.00774. The van der Waals surface area contributed by atoms with Gasteiger partial charge in [-0.1, -0.05) is 6.07 Å². The Balaban J connectivity index is 2.10. The normalized spacial score (nSPS) is 11.8. The highest BCUT2D eigenvalue weighted by atomic mass is 16.4. The highest BCUT2D eigenvalue weighted by molar-refractivity contribution is 5.94. The first-order chi connectivity index (χ1) is 9.56. The predicted molar refractivity (Wildman–Crippen MR) is 68.2 cm³/mol. The summed E-state index contributed by atoms with van der Waals surface area (Å²) in [6.45, 7) is 0. The van der Waals surface area contributed by atoms with Crippen molar-refractivity contribution >= 4 is 11.9 Å². The van der Waals surface area contributed by atoms with Gasteiger partial charge in [0.2, 0.25) is 5.56 Å². The molecule has 0 spiro atoms. The summed E-state index contributed by atoms with van der Waals surface area (Å²) in [6.07, 6.45) is 2.97. The molecule has 0 aromatic carbocycles. The highest BCUT2D eigenvalue weighted by Gasteiger charge is 2.22. The Hall–Kier alpha value is -2.90. The van der Waals surface area contributed by atoms with Crippen LogP contribution in [0.5, 0.6) is 0 Å². The van der Waals surface area contributed by atoms with E-state index in [4.69, 9.17) is 5.11 Å². The number of H-pyrrole nitrogens is 2. The SMILES string of the molecule is O=C(NC(Cc1cnc[nH]1)C(=O)O)c1cccc(=O)[nH]1. The molecular formula is C12H12N4O4. The first-order valence-corrected chi connectivity index (χ1v) is 5.76. The number of aliphatic carboxylic acids is 1. The molecule has 8 heteroatoms. The van der Waals surface area contributed by atoms with E-state index < -0.39 is 23.5 Å². The zero-order chi connectivity index (χ0) is 14.5. The molecule has 2 aromatic rings. The van der Waals surface area contributed by atoms with Crippen molar-refractivity contribution in [1.29, 1.82) is 0 Å². The number of imidazole rings is 1. The van der Waals surface area contributed by atoms with Crippen molar-refractivity contribution in [3.8, 4) is 0 Å². The van der Waals surface area contributed by atoms with E-state index in [0.717, 1.165) is 0 Å². The molecule has 2 heterocycles. The van der Waals surface area contributed by atoms with Crippen LogP contribution in [0.15, 0.2) is 35.5 Å². The second kappa shape index (κ2) is 5.83. The van der Waals surface area contributed by atoms with E-state index in [1.807, 2.05) is 0 Å². The summed E-state index contributed by atoms with van der Waals surface area (Å²) in [7, 11) is 0. The van der Waals surface area contributed by atoms with Gasteiger partial charge in [-0.2, -0.15) is 0 Å². The molecule has 0 bridgehead atoms. The number of carboxylic acids is 1. The molecule has 1 atom stereocenters. The Morgan fingerprint density at radius 2 is 2.20 bits per heavy atom. The van der Waals surface area contributed by atoms with Gasteiger partial charge in [0.25, 0.3) is 5.91 Å². The van der Waals surface area contributed by atoms with E-state index in [2.05, 4.69) is 20.3 Å². The lowest BCUT2D eigenvalue weighted by molar-refractivity contribution is -0.139. The van der Waals surface area contributed by atoms with Crippen molar-refractivity contribution < 1.29 is 14.7 Å². The van der Waals surface area contributed by atoms with Gasteiger partial charge in [0.05, 0.1) is 6.33 Å². The number of carbonyl (C=O) groups excluding carboxylic acids is 1. The van der Waals surface area contributed by atoms with E-state index in [9.17, 15) is 14.4 Å². The summed E-state index contributed by atoms with van der Waals surface area (Å²) < 4.78 is 0. The third-order valence-corrected chi connectivity index (χ3v) is 2.60. The van der Waals surface area contributed by atoms with Gasteiger partial charge in [-0.15, -0.1) is 0 Å². The number of aromatic amines is 2. The lowest BCUT2D eigenvalue weighted by Gasteiger charge is -2.13. The number of carbonyl (C=O) groups is 2. The summed E-state index contributed by atoms with van der Waals surface area (Å²) in [5, 5.41) is 11.4. The van der Waals surface area contributed by atoms with E-state index >= 15 is 0 Å². The number of hydrogen-bond acceptors (Lipinski definition) is 4. The predicted octanol–water partition coefficient (Wildman–Crippen LogP) is -0.476. The minimum atomic E-state index is -1.17. The van der Waals surface area contributed by atoms with Crippen LogP contribution in [0, 0.1) is 0 Å². The molecule has 104 valence electrons. The first kappa shape index (κ1) is 13.5. The molecule has 0 saturated heterocycles. The quantitative estimate of drug-likeness (QED) is 0.586. The van der Waals surface area contributed by atoms with Crippen molar-refractivity contribution in [2.75, 3.05) is 0 Å². The van der Waals surface area contributed by atoms with Crippen LogP contribution in [0.25, 0.3) is 0 Å². The van der Waals surface area contributed by atoms with Crippen LogP contribution in [-0.4, -0.2) is 38.0 Å². The molecule has 1 amide bonds. The molecule has 4 N–H and O–H groups in total. The summed E-state index contributed by atoms with van der Waals surface area (Å²) in [5.74, 6) is -1.83. The number of hydrogen-bond donors (Lipinski definition) is 4. The van der Waals surface area contributed by atoms with Crippen LogP contribution in [-0.2, 0) is 11.2 Å². The fourth-order valence-corrected chi connectivity index (χ4v) is 1.63. The Bertz CT molecular complexity index is 662. The fraction of sp³-hybridized carbons (Fsp3) is 0.167. The average Bonchev–Trinajstić information content (AvgIpc) is 2.90. The van der Waals surface area contributed by atoms with Gasteiger partial charge in [-0.3, -0.25) is 9.59 Å². The third kappa shape index (κ3) is 3.31. The van der Waals surface area contributed by atoms with E-state index in [1.165, 1.54) is 30.7 Å². The largest absolute Gasteiger partial charge is 0.480 e. The number of nitrogens with zero attached hydrogens (tertiary/aromatic N) is 1. The number of pyridine rings is 1. The molecule has 2 rings (SSSR count). The zero-order valence-corrected chi connectivity index (χ0v) is 10.3. The summed E-state index contributed by atoms with van der Waals surface area (Å²) in [5.41, 5.74) is 0.158. The van der Waals surface area contributed by atoms with Gasteiger partial charge in [-0.25, -0.2) is 9.78 Å². The molecule has 2 aromatic heterocycles. The van der Waals surface area contributed by atoms with Crippen LogP contribution in [0.3, 0.4) is 0 Å². The second-order valence-corrected chi connectivity index (χ2v) is 4.07. The van der Waals surface area contributed by atoms with Crippen molar-refractivity contribution in [1.82, 2.24) is 20.3 Å². The van der Waals surface area contributed by atoms with Gasteiger partial charge >= 0.3 is 5.97 Å². The van der Waals surface area contributed by atoms with Gasteiger partial charge in [0.15, 0.2) is 0 Å². The summed E-state index contributed by atoms with van der Waals surface area (Å²) in [4.78, 5) is 43.0. The Kier molecular flexibility index (Phi) is 3.94. The topological polar surface area (TPSA) is 128 Å². The number of nitrogens with one attached hydrogen (secondary N) is 3. The zero-order valence-electron chi connectivity index (χ0n) is 10.3. The smallest absolute Gasteiger partial charge is 0.326 e. The molecular weight excluding hydrogens is 264 g/mol. The molecule has 0 radical (unpaired) electrons. The maximum absolute atomic E-state index is 11.9. The first-order valence-electron chi connectivity index (χ1n) is 5.76. The molecule has 20 heavy (non-hydrogen) atoms. The van der Waals surface area contributed by atoms with Crippen molar-refractivity contribution in [3.63, 3.8) is 0 Å². The number of amides is 1. The van der Waals surface area contributed by atoms with Gasteiger partial charge < -0.3 is 20.4 Å². The second-order valence-electron chi connectivity index (χ2n) is 4.07. The Morgan fingerprint density at radius 3 is 2.80 bits per heavy atom. The van der Waals surface area contributed by atoms with Gasteiger partial charge in [0, 0.05) is 24.4 Å². The molecule has 1 unspecified atom stereocenters. The number of rotatable bonds is 5. The van der Waals surface area contributed by atoms with Crippen LogP contribution in [0.2, 0.25) is 0 Å². The average molecular weight is 276 g/mol. The van der Waals surface area contributed by atoms with Crippen molar-refractivity contribution in [2.24, 2.45) is 0 Å². The Morgan fingerprint density at radius 1 is 1.40 bits per heavy atom. The number of aromatic nitrogens is 3. The molecule has 0 aliphatic carbocycles. The molecule has 0 aliphatic heterocycles. The monoisotopic (exact) mass is 276 g/mol. The van der Waals surface area contributed by atoms with Crippen LogP contribution < -0.4 is 10.9 Å². The van der Waals surface area contributed by atoms with Crippen LogP contribution >= 0.6 is 0 Å². The molecule has 0 saturated carbocycles. The molecule has 8 nitrogen and oxygen atoms in total. The van der Waals surface area contributed by atoms with Gasteiger partial charge in [-0.05, 0) is 6.07 Å². The maximum Gasteiger partial charge on any atom is 0.326 e. The van der Waals surface area contributed by atoms with Crippen molar-refractivity contribution in [3.05, 3.63) is 52.5 Å².